The Morgan fingerprint density at radius 3 is 2.44 bits per heavy atom. The Bertz CT molecular complexity index is 1040. The van der Waals surface area contributed by atoms with Gasteiger partial charge >= 0.3 is 0 Å². The molecule has 1 aliphatic heterocycles. The highest BCUT2D eigenvalue weighted by Crippen LogP contribution is 2.28. The molecule has 2 aliphatic rings. The number of rotatable bonds is 6. The van der Waals surface area contributed by atoms with E-state index in [1.54, 1.807) is 6.20 Å². The molecule has 5 heteroatoms. The molecule has 5 rings (SSSR count). The van der Waals surface area contributed by atoms with Crippen molar-refractivity contribution in [1.29, 1.82) is 0 Å². The van der Waals surface area contributed by atoms with Crippen molar-refractivity contribution in [3.63, 3.8) is 0 Å². The van der Waals surface area contributed by atoms with Crippen LogP contribution in [0.15, 0.2) is 72.9 Å². The number of fused-ring (bicyclic) bond motifs is 1. The molecule has 0 unspecified atom stereocenters. The quantitative estimate of drug-likeness (QED) is 0.646. The number of amides is 1. The lowest BCUT2D eigenvalue weighted by Crippen LogP contribution is -2.44. The fraction of sp³-hybridized carbons (Fsp3) is 0.333. The number of ether oxygens (including phenoxy) is 1. The van der Waals surface area contributed by atoms with Crippen LogP contribution in [0.5, 0.6) is 5.75 Å². The second-order valence-electron chi connectivity index (χ2n) is 8.72. The molecule has 32 heavy (non-hydrogen) atoms. The number of likely N-dealkylation sites (tertiary alicyclic amines) is 1. The van der Waals surface area contributed by atoms with Crippen LogP contribution in [0.1, 0.15) is 40.0 Å². The predicted octanol–water partition coefficient (Wildman–Crippen LogP) is 4.02. The molecule has 2 aromatic carbocycles. The van der Waals surface area contributed by atoms with Gasteiger partial charge in [-0.3, -0.25) is 14.7 Å². The molecule has 0 radical (unpaired) electrons. The minimum atomic E-state index is -0.114. The topological polar surface area (TPSA) is 54.5 Å². The van der Waals surface area contributed by atoms with Gasteiger partial charge in [0, 0.05) is 30.9 Å². The summed E-state index contributed by atoms with van der Waals surface area (Å²) >= 11 is 0. The first-order valence-corrected chi connectivity index (χ1v) is 11.5. The van der Waals surface area contributed by atoms with Crippen molar-refractivity contribution in [3.8, 4) is 5.75 Å². The Morgan fingerprint density at radius 1 is 0.969 bits per heavy atom. The van der Waals surface area contributed by atoms with Gasteiger partial charge in [-0.15, -0.1) is 0 Å². The van der Waals surface area contributed by atoms with E-state index in [1.165, 1.54) is 11.1 Å². The van der Waals surface area contributed by atoms with Crippen LogP contribution < -0.4 is 10.1 Å². The van der Waals surface area contributed by atoms with Gasteiger partial charge in [-0.1, -0.05) is 36.4 Å². The van der Waals surface area contributed by atoms with Crippen molar-refractivity contribution in [2.75, 3.05) is 13.1 Å². The molecule has 0 atom stereocenters. The minimum Gasteiger partial charge on any atom is -0.490 e. The fourth-order valence-corrected chi connectivity index (χ4v) is 4.83. The Hall–Kier alpha value is -3.18. The van der Waals surface area contributed by atoms with E-state index in [4.69, 9.17) is 4.74 Å². The number of aromatic nitrogens is 1. The lowest BCUT2D eigenvalue weighted by atomic mass is 10.0. The number of nitrogens with one attached hydrogen (secondary N) is 1. The predicted molar refractivity (Wildman–Crippen MR) is 125 cm³/mol. The van der Waals surface area contributed by atoms with Crippen molar-refractivity contribution in [2.45, 2.75) is 44.4 Å². The molecular formula is C27H29N3O2. The number of hydrogen-bond donors (Lipinski definition) is 1. The van der Waals surface area contributed by atoms with Crippen molar-refractivity contribution in [1.82, 2.24) is 15.2 Å². The van der Waals surface area contributed by atoms with Crippen molar-refractivity contribution in [2.24, 2.45) is 0 Å². The first kappa shape index (κ1) is 20.7. The van der Waals surface area contributed by atoms with Gasteiger partial charge in [0.15, 0.2) is 0 Å². The zero-order valence-corrected chi connectivity index (χ0v) is 18.2. The molecule has 5 nitrogen and oxygen atoms in total. The first-order chi connectivity index (χ1) is 15.7. The smallest absolute Gasteiger partial charge is 0.251 e. The van der Waals surface area contributed by atoms with E-state index in [-0.39, 0.29) is 12.0 Å². The van der Waals surface area contributed by atoms with Crippen LogP contribution in [0, 0.1) is 0 Å². The van der Waals surface area contributed by atoms with Gasteiger partial charge in [0.25, 0.3) is 5.91 Å². The summed E-state index contributed by atoms with van der Waals surface area (Å²) in [6, 6.07) is 22.6. The SMILES string of the molecule is O=C(NCc1ccccn1)c1cccc(OC2CCN(C3Cc4ccccc4C3)CC2)c1. The fourth-order valence-electron chi connectivity index (χ4n) is 4.83. The molecule has 3 aromatic rings. The molecule has 1 saturated heterocycles. The van der Waals surface area contributed by atoms with E-state index >= 15 is 0 Å². The van der Waals surface area contributed by atoms with Crippen LogP contribution in [0.4, 0.5) is 0 Å². The molecule has 2 heterocycles. The summed E-state index contributed by atoms with van der Waals surface area (Å²) < 4.78 is 6.26. The summed E-state index contributed by atoms with van der Waals surface area (Å²) in [7, 11) is 0. The second kappa shape index (κ2) is 9.53. The van der Waals surface area contributed by atoms with E-state index in [9.17, 15) is 4.79 Å². The largest absolute Gasteiger partial charge is 0.490 e. The maximum atomic E-state index is 12.5. The molecular weight excluding hydrogens is 398 g/mol. The standard InChI is InChI=1S/C27H29N3O2/c31-27(29-19-23-9-3-4-13-28-23)22-8-5-10-26(18-22)32-25-11-14-30(15-12-25)24-16-20-6-1-2-7-21(20)17-24/h1-10,13,18,24-25H,11-12,14-17,19H2,(H,29,31). The number of benzene rings is 2. The molecule has 1 N–H and O–H groups in total. The molecule has 1 fully saturated rings. The highest BCUT2D eigenvalue weighted by Gasteiger charge is 2.30. The highest BCUT2D eigenvalue weighted by atomic mass is 16.5. The average Bonchev–Trinajstić information content (AvgIpc) is 3.28. The van der Waals surface area contributed by atoms with Crippen LogP contribution in [0.3, 0.4) is 0 Å². The van der Waals surface area contributed by atoms with E-state index in [2.05, 4.69) is 39.5 Å². The van der Waals surface area contributed by atoms with Gasteiger partial charge in [0.2, 0.25) is 0 Å². The molecule has 1 aliphatic carbocycles. The molecule has 0 spiro atoms. The number of pyridine rings is 1. The zero-order chi connectivity index (χ0) is 21.8. The maximum Gasteiger partial charge on any atom is 0.251 e. The Morgan fingerprint density at radius 2 is 1.72 bits per heavy atom. The summed E-state index contributed by atoms with van der Waals surface area (Å²) in [6.45, 7) is 2.54. The van der Waals surface area contributed by atoms with E-state index in [0.29, 0.717) is 18.2 Å². The second-order valence-corrected chi connectivity index (χ2v) is 8.72. The average molecular weight is 428 g/mol. The normalized spacial score (nSPS) is 17.1. The van der Waals surface area contributed by atoms with E-state index in [0.717, 1.165) is 50.2 Å². The minimum absolute atomic E-state index is 0.114. The summed E-state index contributed by atoms with van der Waals surface area (Å²) in [5, 5.41) is 2.93. The van der Waals surface area contributed by atoms with Crippen LogP contribution in [0.25, 0.3) is 0 Å². The molecule has 1 aromatic heterocycles. The number of carbonyl (C=O) groups is 1. The van der Waals surface area contributed by atoms with E-state index < -0.39 is 0 Å². The van der Waals surface area contributed by atoms with Gasteiger partial charge in [-0.05, 0) is 67.1 Å². The van der Waals surface area contributed by atoms with Gasteiger partial charge < -0.3 is 10.1 Å². The first-order valence-electron chi connectivity index (χ1n) is 11.5. The lowest BCUT2D eigenvalue weighted by Gasteiger charge is -2.36. The van der Waals surface area contributed by atoms with Crippen LogP contribution >= 0.6 is 0 Å². The summed E-state index contributed by atoms with van der Waals surface area (Å²) in [4.78, 5) is 19.4. The molecule has 164 valence electrons. The van der Waals surface area contributed by atoms with Gasteiger partial charge in [-0.2, -0.15) is 0 Å². The Balaban J connectivity index is 1.12. The molecule has 0 saturated carbocycles. The van der Waals surface area contributed by atoms with Gasteiger partial charge in [-0.25, -0.2) is 0 Å². The van der Waals surface area contributed by atoms with Crippen LogP contribution in [0.2, 0.25) is 0 Å². The van der Waals surface area contributed by atoms with Crippen LogP contribution in [-0.4, -0.2) is 41.0 Å². The molecule has 0 bridgehead atoms. The summed E-state index contributed by atoms with van der Waals surface area (Å²) in [6.07, 6.45) is 6.29. The zero-order valence-electron chi connectivity index (χ0n) is 18.2. The van der Waals surface area contributed by atoms with Crippen molar-refractivity contribution >= 4 is 5.91 Å². The maximum absolute atomic E-state index is 12.5. The van der Waals surface area contributed by atoms with Crippen molar-refractivity contribution < 1.29 is 9.53 Å². The highest BCUT2D eigenvalue weighted by molar-refractivity contribution is 5.94. The monoisotopic (exact) mass is 427 g/mol. The summed E-state index contributed by atoms with van der Waals surface area (Å²) in [5.41, 5.74) is 4.47. The lowest BCUT2D eigenvalue weighted by molar-refractivity contribution is 0.0775. The van der Waals surface area contributed by atoms with Crippen LogP contribution in [-0.2, 0) is 19.4 Å². The Labute approximate surface area is 189 Å². The summed E-state index contributed by atoms with van der Waals surface area (Å²) in [5.74, 6) is 0.652. The number of hydrogen-bond acceptors (Lipinski definition) is 4. The molecule has 1 amide bonds. The number of nitrogens with zero attached hydrogens (tertiary/aromatic N) is 2. The third-order valence-corrected chi connectivity index (χ3v) is 6.58. The van der Waals surface area contributed by atoms with Crippen molar-refractivity contribution in [3.05, 3.63) is 95.3 Å². The van der Waals surface area contributed by atoms with Gasteiger partial charge in [0.05, 0.1) is 12.2 Å². The number of piperidine rings is 1. The third kappa shape index (κ3) is 4.83. The van der Waals surface area contributed by atoms with E-state index in [1.807, 2.05) is 42.5 Å². The Kier molecular flexibility index (Phi) is 6.17. The third-order valence-electron chi connectivity index (χ3n) is 6.58. The van der Waals surface area contributed by atoms with Gasteiger partial charge in [0.1, 0.15) is 11.9 Å². The number of carbonyl (C=O) groups excluding carboxylic acids is 1.